The van der Waals surface area contributed by atoms with E-state index >= 15 is 0 Å². The molecule has 2 N–H and O–H groups in total. The van der Waals surface area contributed by atoms with Gasteiger partial charge in [-0.25, -0.2) is 0 Å². The van der Waals surface area contributed by atoms with Crippen LogP contribution in [0.1, 0.15) is 0 Å². The largest absolute Gasteiger partial charge is 0.394 e. The van der Waals surface area contributed by atoms with Crippen molar-refractivity contribution in [1.29, 1.82) is 0 Å². The first kappa shape index (κ1) is 8.79. The fraction of sp³-hybridized carbons (Fsp3) is 1.00. The molecule has 5 heteroatoms. The zero-order valence-corrected chi connectivity index (χ0v) is 6.08. The summed E-state index contributed by atoms with van der Waals surface area (Å²) in [6.07, 6.45) is -1.30. The average molecular weight is 179 g/mol. The molecule has 0 aliphatic rings. The third-order valence-corrected chi connectivity index (χ3v) is 1.31. The first-order valence-electron chi connectivity index (χ1n) is 1.84. The SMILES string of the molecule is OC[C@H](O)C(Cl)(Cl)Cl. The molecule has 0 rings (SSSR count). The zero-order valence-electron chi connectivity index (χ0n) is 3.81. The Labute approximate surface area is 62.0 Å². The van der Waals surface area contributed by atoms with Crippen LogP contribution in [0.5, 0.6) is 0 Å². The molecule has 50 valence electrons. The second-order valence-electron chi connectivity index (χ2n) is 1.24. The summed E-state index contributed by atoms with van der Waals surface area (Å²) in [6, 6.07) is 0. The quantitative estimate of drug-likeness (QED) is 0.582. The highest BCUT2D eigenvalue weighted by atomic mass is 35.6. The van der Waals surface area contributed by atoms with Crippen LogP contribution in [0.25, 0.3) is 0 Å². The molecule has 8 heavy (non-hydrogen) atoms. The van der Waals surface area contributed by atoms with E-state index in [4.69, 9.17) is 45.0 Å². The van der Waals surface area contributed by atoms with E-state index in [0.717, 1.165) is 0 Å². The Kier molecular flexibility index (Phi) is 3.39. The summed E-state index contributed by atoms with van der Waals surface area (Å²) in [6.45, 7) is -0.545. The lowest BCUT2D eigenvalue weighted by atomic mass is 10.4. The van der Waals surface area contributed by atoms with E-state index in [0.29, 0.717) is 0 Å². The van der Waals surface area contributed by atoms with Gasteiger partial charge in [0.1, 0.15) is 6.10 Å². The van der Waals surface area contributed by atoms with E-state index < -0.39 is 16.5 Å². The van der Waals surface area contributed by atoms with Crippen molar-refractivity contribution in [3.63, 3.8) is 0 Å². The van der Waals surface area contributed by atoms with Crippen LogP contribution in [-0.4, -0.2) is 26.7 Å². The molecule has 1 atom stereocenters. The molecule has 0 fully saturated rings. The van der Waals surface area contributed by atoms with Crippen LogP contribution < -0.4 is 0 Å². The lowest BCUT2D eigenvalue weighted by Gasteiger charge is -2.15. The number of aliphatic hydroxyl groups excluding tert-OH is 2. The number of hydrogen-bond donors (Lipinski definition) is 2. The van der Waals surface area contributed by atoms with Gasteiger partial charge >= 0.3 is 0 Å². The summed E-state index contributed by atoms with van der Waals surface area (Å²) in [5.74, 6) is 0. The Hall–Kier alpha value is 0.790. The van der Waals surface area contributed by atoms with Crippen LogP contribution in [0.3, 0.4) is 0 Å². The van der Waals surface area contributed by atoms with Gasteiger partial charge in [0.2, 0.25) is 3.79 Å². The highest BCUT2D eigenvalue weighted by molar-refractivity contribution is 6.68. The molecule has 0 saturated heterocycles. The molecule has 0 aliphatic carbocycles. The molecule has 2 nitrogen and oxygen atoms in total. The number of aliphatic hydroxyl groups is 2. The summed E-state index contributed by atoms with van der Waals surface area (Å²) in [5.41, 5.74) is 0. The number of rotatable bonds is 1. The molecular formula is C3H5Cl3O2. The third-order valence-electron chi connectivity index (χ3n) is 0.551. The molecule has 0 radical (unpaired) electrons. The van der Waals surface area contributed by atoms with Crippen LogP contribution in [0, 0.1) is 0 Å². The maximum absolute atomic E-state index is 8.55. The van der Waals surface area contributed by atoms with Crippen molar-refractivity contribution in [1.82, 2.24) is 0 Å². The molecule has 0 aromatic rings. The van der Waals surface area contributed by atoms with Gasteiger partial charge < -0.3 is 10.2 Å². The molecule has 0 aromatic carbocycles. The Morgan fingerprint density at radius 3 is 1.75 bits per heavy atom. The maximum atomic E-state index is 8.55. The van der Waals surface area contributed by atoms with E-state index in [9.17, 15) is 0 Å². The van der Waals surface area contributed by atoms with Gasteiger partial charge in [-0.05, 0) is 0 Å². The second-order valence-corrected chi connectivity index (χ2v) is 3.61. The van der Waals surface area contributed by atoms with E-state index in [1.54, 1.807) is 0 Å². The fourth-order valence-electron chi connectivity index (χ4n) is 0.104. The number of halogens is 3. The van der Waals surface area contributed by atoms with Crippen LogP contribution >= 0.6 is 34.8 Å². The van der Waals surface area contributed by atoms with Gasteiger partial charge in [0.25, 0.3) is 0 Å². The molecule has 0 aromatic heterocycles. The van der Waals surface area contributed by atoms with Gasteiger partial charge in [0.05, 0.1) is 6.61 Å². The number of alkyl halides is 3. The van der Waals surface area contributed by atoms with Crippen molar-refractivity contribution in [2.45, 2.75) is 9.90 Å². The lowest BCUT2D eigenvalue weighted by Crippen LogP contribution is -2.28. The van der Waals surface area contributed by atoms with Crippen molar-refractivity contribution < 1.29 is 10.2 Å². The molecule has 0 amide bonds. The lowest BCUT2D eigenvalue weighted by molar-refractivity contribution is 0.0982. The normalized spacial score (nSPS) is 16.1. The molecule has 0 unspecified atom stereocenters. The molecule has 0 aliphatic heterocycles. The highest BCUT2D eigenvalue weighted by Crippen LogP contribution is 2.29. The highest BCUT2D eigenvalue weighted by Gasteiger charge is 2.29. The van der Waals surface area contributed by atoms with Crippen LogP contribution in [0.2, 0.25) is 0 Å². The van der Waals surface area contributed by atoms with Gasteiger partial charge in [-0.15, -0.1) is 0 Å². The van der Waals surface area contributed by atoms with Crippen LogP contribution in [0.4, 0.5) is 0 Å². The minimum absolute atomic E-state index is 0.545. The molecule has 0 saturated carbocycles. The van der Waals surface area contributed by atoms with Gasteiger partial charge in [-0.2, -0.15) is 0 Å². The molecule has 0 spiro atoms. The summed E-state index contributed by atoms with van der Waals surface area (Å²) in [7, 11) is 0. The number of hydrogen-bond acceptors (Lipinski definition) is 2. The fourth-order valence-corrected chi connectivity index (χ4v) is 0.311. The summed E-state index contributed by atoms with van der Waals surface area (Å²) >= 11 is 15.3. The predicted octanol–water partition coefficient (Wildman–Crippen LogP) is 0.710. The van der Waals surface area contributed by atoms with E-state index in [-0.39, 0.29) is 0 Å². The molecule has 0 bridgehead atoms. The van der Waals surface area contributed by atoms with Crippen molar-refractivity contribution in [2.75, 3.05) is 6.61 Å². The second kappa shape index (κ2) is 3.08. The Morgan fingerprint density at radius 2 is 1.75 bits per heavy atom. The Balaban J connectivity index is 3.62. The topological polar surface area (TPSA) is 40.5 Å². The minimum atomic E-state index is -1.77. The van der Waals surface area contributed by atoms with E-state index in [1.807, 2.05) is 0 Å². The van der Waals surface area contributed by atoms with Crippen LogP contribution in [-0.2, 0) is 0 Å². The van der Waals surface area contributed by atoms with Crippen molar-refractivity contribution in [3.8, 4) is 0 Å². The summed E-state index contributed by atoms with van der Waals surface area (Å²) in [4.78, 5) is 0. The predicted molar refractivity (Wildman–Crippen MR) is 33.4 cm³/mol. The van der Waals surface area contributed by atoms with E-state index in [2.05, 4.69) is 0 Å². The first-order chi connectivity index (χ1) is 3.48. The smallest absolute Gasteiger partial charge is 0.218 e. The monoisotopic (exact) mass is 178 g/mol. The van der Waals surface area contributed by atoms with Crippen molar-refractivity contribution in [3.05, 3.63) is 0 Å². The summed E-state index contributed by atoms with van der Waals surface area (Å²) in [5, 5.41) is 16.7. The van der Waals surface area contributed by atoms with Crippen molar-refractivity contribution >= 4 is 34.8 Å². The van der Waals surface area contributed by atoms with Crippen LogP contribution in [0.15, 0.2) is 0 Å². The standard InChI is InChI=1S/C3H5Cl3O2/c4-3(5,6)2(8)1-7/h2,7-8H,1H2/t2-/m0/s1. The Bertz CT molecular complexity index is 69.4. The zero-order chi connectivity index (χ0) is 6.78. The van der Waals surface area contributed by atoms with Gasteiger partial charge in [0.15, 0.2) is 0 Å². The molecular weight excluding hydrogens is 174 g/mol. The maximum Gasteiger partial charge on any atom is 0.218 e. The van der Waals surface area contributed by atoms with E-state index in [1.165, 1.54) is 0 Å². The first-order valence-corrected chi connectivity index (χ1v) is 2.97. The Morgan fingerprint density at radius 1 is 1.38 bits per heavy atom. The summed E-state index contributed by atoms with van der Waals surface area (Å²) < 4.78 is -1.77. The third kappa shape index (κ3) is 2.95. The molecule has 0 heterocycles. The average Bonchev–Trinajstić information content (AvgIpc) is 1.62. The van der Waals surface area contributed by atoms with Crippen molar-refractivity contribution in [2.24, 2.45) is 0 Å². The van der Waals surface area contributed by atoms with Gasteiger partial charge in [-0.1, -0.05) is 34.8 Å². The minimum Gasteiger partial charge on any atom is -0.394 e. The van der Waals surface area contributed by atoms with Gasteiger partial charge in [0, 0.05) is 0 Å². The van der Waals surface area contributed by atoms with Gasteiger partial charge in [-0.3, -0.25) is 0 Å².